The highest BCUT2D eigenvalue weighted by Gasteiger charge is 2.47. The van der Waals surface area contributed by atoms with Gasteiger partial charge in [0.05, 0.1) is 25.4 Å². The molecule has 0 aromatic heterocycles. The molecule has 8 atom stereocenters. The minimum atomic E-state index is -1.61. The average Bonchev–Trinajstić information content (AvgIpc) is 3.45. The van der Waals surface area contributed by atoms with Gasteiger partial charge in [-0.3, -0.25) is 9.59 Å². The van der Waals surface area contributed by atoms with Gasteiger partial charge >= 0.3 is 5.97 Å². The normalized spacial score (nSPS) is 19.1. The van der Waals surface area contributed by atoms with Crippen molar-refractivity contribution in [2.75, 3.05) is 13.2 Å². The summed E-state index contributed by atoms with van der Waals surface area (Å²) in [5.74, 6) is -1.19. The van der Waals surface area contributed by atoms with Crippen LogP contribution in [-0.2, 0) is 23.8 Å². The minimum absolute atomic E-state index is 0.121. The number of esters is 1. The monoisotopic (exact) mass is 1100 g/mol. The van der Waals surface area contributed by atoms with E-state index in [4.69, 9.17) is 14.2 Å². The number of carbonyl (C=O) groups excluding carboxylic acids is 2. The molecule has 1 aliphatic rings. The van der Waals surface area contributed by atoms with E-state index in [1.807, 2.05) is 6.08 Å². The fourth-order valence-corrected chi connectivity index (χ4v) is 10.5. The van der Waals surface area contributed by atoms with Crippen molar-refractivity contribution in [3.8, 4) is 0 Å². The third kappa shape index (κ3) is 42.7. The molecule has 0 bridgehead atoms. The molecule has 0 aliphatic carbocycles. The number of hydrogen-bond donors (Lipinski definition) is 6. The van der Waals surface area contributed by atoms with Crippen LogP contribution in [0.3, 0.4) is 0 Å². The number of hydrogen-bond acceptors (Lipinski definition) is 10. The van der Waals surface area contributed by atoms with Gasteiger partial charge in [-0.2, -0.15) is 0 Å². The van der Waals surface area contributed by atoms with E-state index in [9.17, 15) is 35.1 Å². The number of amides is 1. The highest BCUT2D eigenvalue weighted by Crippen LogP contribution is 2.26. The van der Waals surface area contributed by atoms with Crippen molar-refractivity contribution < 1.29 is 49.3 Å². The molecule has 458 valence electrons. The second-order valence-electron chi connectivity index (χ2n) is 23.2. The molecule has 1 amide bonds. The summed E-state index contributed by atoms with van der Waals surface area (Å²) in [7, 11) is 0. The third-order valence-corrected chi connectivity index (χ3v) is 15.8. The first-order valence-corrected chi connectivity index (χ1v) is 33.3. The minimum Gasteiger partial charge on any atom is -0.454 e. The van der Waals surface area contributed by atoms with Crippen molar-refractivity contribution >= 4 is 11.9 Å². The van der Waals surface area contributed by atoms with Crippen molar-refractivity contribution in [3.63, 3.8) is 0 Å². The van der Waals surface area contributed by atoms with Crippen molar-refractivity contribution in [1.82, 2.24) is 5.32 Å². The van der Waals surface area contributed by atoms with Gasteiger partial charge < -0.3 is 45.1 Å². The number of ether oxygens (including phenoxy) is 3. The lowest BCUT2D eigenvalue weighted by atomic mass is 9.99. The molecule has 11 nitrogen and oxygen atoms in total. The Morgan fingerprint density at radius 2 is 0.885 bits per heavy atom. The van der Waals surface area contributed by atoms with Crippen molar-refractivity contribution in [3.05, 3.63) is 36.5 Å². The average molecular weight is 1100 g/mol. The van der Waals surface area contributed by atoms with Crippen molar-refractivity contribution in [1.29, 1.82) is 0 Å². The van der Waals surface area contributed by atoms with Gasteiger partial charge in [-0.25, -0.2) is 0 Å². The lowest BCUT2D eigenvalue weighted by molar-refractivity contribution is -0.305. The Morgan fingerprint density at radius 3 is 1.33 bits per heavy atom. The summed E-state index contributed by atoms with van der Waals surface area (Å²) >= 11 is 0. The Kier molecular flexibility index (Phi) is 52.5. The molecule has 1 rings (SSSR count). The van der Waals surface area contributed by atoms with E-state index in [0.717, 1.165) is 70.6 Å². The lowest BCUT2D eigenvalue weighted by Crippen LogP contribution is -2.61. The first-order chi connectivity index (χ1) is 38.2. The zero-order chi connectivity index (χ0) is 56.8. The van der Waals surface area contributed by atoms with E-state index in [1.165, 1.54) is 199 Å². The summed E-state index contributed by atoms with van der Waals surface area (Å²) in [5.41, 5.74) is 0. The Morgan fingerprint density at radius 1 is 0.500 bits per heavy atom. The van der Waals surface area contributed by atoms with Gasteiger partial charge in [-0.05, 0) is 57.8 Å². The highest BCUT2D eigenvalue weighted by atomic mass is 16.7. The maximum atomic E-state index is 13.4. The highest BCUT2D eigenvalue weighted by molar-refractivity contribution is 5.80. The van der Waals surface area contributed by atoms with Crippen LogP contribution < -0.4 is 5.32 Å². The van der Waals surface area contributed by atoms with Gasteiger partial charge in [-0.15, -0.1) is 0 Å². The first kappa shape index (κ1) is 73.9. The molecule has 78 heavy (non-hydrogen) atoms. The lowest BCUT2D eigenvalue weighted by Gasteiger charge is -2.41. The van der Waals surface area contributed by atoms with Crippen LogP contribution in [0.1, 0.15) is 316 Å². The Hall–Kier alpha value is -2.12. The number of unbranched alkanes of at least 4 members (excludes halogenated alkanes) is 39. The van der Waals surface area contributed by atoms with Crippen LogP contribution in [0.5, 0.6) is 0 Å². The van der Waals surface area contributed by atoms with E-state index < -0.39 is 67.4 Å². The van der Waals surface area contributed by atoms with Crippen LogP contribution in [0, 0.1) is 0 Å². The molecule has 0 aromatic carbocycles. The quantitative estimate of drug-likeness (QED) is 0.0195. The van der Waals surface area contributed by atoms with Gasteiger partial charge in [0.1, 0.15) is 24.4 Å². The topological polar surface area (TPSA) is 175 Å². The van der Waals surface area contributed by atoms with Gasteiger partial charge in [0.15, 0.2) is 12.4 Å². The van der Waals surface area contributed by atoms with E-state index in [0.29, 0.717) is 19.3 Å². The standard InChI is InChI=1S/C67H125NO10/c1-4-7-10-13-16-19-22-25-27-29-31-33-35-37-40-43-46-49-52-55-62(72)78-65-64(74)63(73)61(56-69)77-67(65)76-57-58(59(70)53-50-47-44-41-38-24-21-18-15-12-9-6-3)68-66(75)60(71)54-51-48-45-42-39-36-34-32-30-28-26-23-20-17-14-11-8-5-2/h16,19,25,27,50,53,58-61,63-65,67,69-71,73-74H,4-15,17-18,20-24,26,28-49,51-52,54-57H2,1-3H3,(H,68,75)/b19-16-,27-25-,53-50+. The molecule has 1 saturated heterocycles. The molecule has 0 saturated carbocycles. The van der Waals surface area contributed by atoms with E-state index >= 15 is 0 Å². The molecular weight excluding hydrogens is 979 g/mol. The largest absolute Gasteiger partial charge is 0.454 e. The molecular formula is C67H125NO10. The fraction of sp³-hybridized carbons (Fsp3) is 0.881. The van der Waals surface area contributed by atoms with E-state index in [2.05, 4.69) is 50.4 Å². The van der Waals surface area contributed by atoms with Crippen LogP contribution in [-0.4, -0.2) is 99.6 Å². The predicted octanol–water partition coefficient (Wildman–Crippen LogP) is 16.2. The van der Waals surface area contributed by atoms with Crippen LogP contribution >= 0.6 is 0 Å². The molecule has 0 spiro atoms. The van der Waals surface area contributed by atoms with Gasteiger partial charge in [-0.1, -0.05) is 288 Å². The fourth-order valence-electron chi connectivity index (χ4n) is 10.5. The number of aliphatic hydroxyl groups excluding tert-OH is 5. The van der Waals surface area contributed by atoms with Gasteiger partial charge in [0, 0.05) is 6.42 Å². The molecule has 1 fully saturated rings. The molecule has 1 heterocycles. The van der Waals surface area contributed by atoms with Crippen molar-refractivity contribution in [2.24, 2.45) is 0 Å². The number of aliphatic hydroxyl groups is 5. The summed E-state index contributed by atoms with van der Waals surface area (Å²) in [6.07, 6.45) is 56.0. The second kappa shape index (κ2) is 55.4. The summed E-state index contributed by atoms with van der Waals surface area (Å²) < 4.78 is 17.7. The zero-order valence-corrected chi connectivity index (χ0v) is 50.8. The predicted molar refractivity (Wildman–Crippen MR) is 324 cm³/mol. The first-order valence-electron chi connectivity index (χ1n) is 33.3. The third-order valence-electron chi connectivity index (χ3n) is 15.8. The van der Waals surface area contributed by atoms with E-state index in [-0.39, 0.29) is 13.0 Å². The summed E-state index contributed by atoms with van der Waals surface area (Å²) in [5, 5.41) is 57.1. The van der Waals surface area contributed by atoms with Crippen LogP contribution in [0.15, 0.2) is 36.5 Å². The summed E-state index contributed by atoms with van der Waals surface area (Å²) in [6.45, 7) is 5.80. The molecule has 0 radical (unpaired) electrons. The molecule has 0 aromatic rings. The molecule has 1 aliphatic heterocycles. The maximum Gasteiger partial charge on any atom is 0.306 e. The van der Waals surface area contributed by atoms with Gasteiger partial charge in [0.2, 0.25) is 5.91 Å². The second-order valence-corrected chi connectivity index (χ2v) is 23.2. The molecule has 6 N–H and O–H groups in total. The zero-order valence-electron chi connectivity index (χ0n) is 50.8. The molecule has 11 heteroatoms. The van der Waals surface area contributed by atoms with Crippen LogP contribution in [0.4, 0.5) is 0 Å². The van der Waals surface area contributed by atoms with Crippen LogP contribution in [0.25, 0.3) is 0 Å². The maximum absolute atomic E-state index is 13.4. The number of carbonyl (C=O) groups is 2. The number of nitrogens with one attached hydrogen (secondary N) is 1. The van der Waals surface area contributed by atoms with E-state index in [1.54, 1.807) is 6.08 Å². The Balaban J connectivity index is 2.63. The smallest absolute Gasteiger partial charge is 0.306 e. The van der Waals surface area contributed by atoms with Gasteiger partial charge in [0.25, 0.3) is 0 Å². The summed E-state index contributed by atoms with van der Waals surface area (Å²) in [4.78, 5) is 26.6. The van der Waals surface area contributed by atoms with Crippen LogP contribution in [0.2, 0.25) is 0 Å². The SMILES string of the molecule is CCCCC/C=C\C/C=C\CCCCCCCCCCCC(=O)OC1C(OCC(NC(=O)C(O)CCCCCCCCCCCCCCCCCCCC)C(O)/C=C/CCCCCCCCCCCC)OC(CO)C(O)C1O. The number of allylic oxidation sites excluding steroid dienone is 5. The number of rotatable bonds is 57. The Labute approximate surface area is 479 Å². The summed E-state index contributed by atoms with van der Waals surface area (Å²) in [6, 6.07) is -1.02. The van der Waals surface area contributed by atoms with Crippen molar-refractivity contribution in [2.45, 2.75) is 365 Å². The Bertz CT molecular complexity index is 1410. The molecule has 8 unspecified atom stereocenters.